The second-order valence-corrected chi connectivity index (χ2v) is 7.84. The zero-order chi connectivity index (χ0) is 18.4. The van der Waals surface area contributed by atoms with Gasteiger partial charge in [0.05, 0.1) is 10.5 Å². The van der Waals surface area contributed by atoms with Gasteiger partial charge in [-0.05, 0) is 61.1 Å². The predicted octanol–water partition coefficient (Wildman–Crippen LogP) is 6.71. The van der Waals surface area contributed by atoms with Crippen LogP contribution in [0.15, 0.2) is 30.3 Å². The second-order valence-electron chi connectivity index (χ2n) is 6.99. The Balaban J connectivity index is 1.91. The van der Waals surface area contributed by atoms with Gasteiger partial charge in [0.15, 0.2) is 0 Å². The van der Waals surface area contributed by atoms with E-state index >= 15 is 0 Å². The molecule has 0 saturated heterocycles. The van der Waals surface area contributed by atoms with Gasteiger partial charge in [-0.2, -0.15) is 0 Å². The van der Waals surface area contributed by atoms with Gasteiger partial charge in [0, 0.05) is 23.8 Å². The molecule has 1 aliphatic rings. The highest BCUT2D eigenvalue weighted by Crippen LogP contribution is 2.40. The third-order valence-electron chi connectivity index (χ3n) is 5.52. The monoisotopic (exact) mass is 387 g/mol. The smallest absolute Gasteiger partial charge is 0.211 e. The molecule has 0 N–H and O–H groups in total. The van der Waals surface area contributed by atoms with Crippen LogP contribution in [-0.4, -0.2) is 16.1 Å². The Morgan fingerprint density at radius 2 is 1.85 bits per heavy atom. The van der Waals surface area contributed by atoms with E-state index in [0.717, 1.165) is 58.7 Å². The molecule has 0 bridgehead atoms. The third kappa shape index (κ3) is 2.69. The Labute approximate surface area is 164 Å². The number of aromatic nitrogens is 2. The van der Waals surface area contributed by atoms with Crippen LogP contribution in [-0.2, 0) is 6.54 Å². The van der Waals surface area contributed by atoms with E-state index in [-0.39, 0.29) is 0 Å². The molecule has 0 aliphatic carbocycles. The molecule has 3 nitrogen and oxygen atoms in total. The number of halogens is 2. The summed E-state index contributed by atoms with van der Waals surface area (Å²) in [5.74, 6) is 1.51. The molecule has 5 heteroatoms. The maximum atomic E-state index is 6.52. The summed E-state index contributed by atoms with van der Waals surface area (Å²) in [7, 11) is 0. The van der Waals surface area contributed by atoms with E-state index in [9.17, 15) is 0 Å². The largest absolute Gasteiger partial charge is 0.310 e. The molecule has 0 spiro atoms. The Hall–Kier alpha value is -1.71. The molecule has 4 rings (SSSR count). The molecule has 0 radical (unpaired) electrons. The number of hydrogen-bond acceptors (Lipinski definition) is 2. The van der Waals surface area contributed by atoms with Crippen molar-refractivity contribution in [2.24, 2.45) is 0 Å². The maximum absolute atomic E-state index is 6.52. The second kappa shape index (κ2) is 6.79. The first-order chi connectivity index (χ1) is 12.5. The summed E-state index contributed by atoms with van der Waals surface area (Å²) in [6.07, 6.45) is 2.24. The highest BCUT2D eigenvalue weighted by molar-refractivity contribution is 6.35. The van der Waals surface area contributed by atoms with Crippen LogP contribution in [0, 0.1) is 6.92 Å². The Morgan fingerprint density at radius 3 is 2.54 bits per heavy atom. The number of anilines is 2. The fourth-order valence-corrected chi connectivity index (χ4v) is 4.57. The number of benzene rings is 2. The highest BCUT2D eigenvalue weighted by Gasteiger charge is 2.28. The molecule has 1 aromatic heterocycles. The number of aryl methyl sites for hydroxylation is 1. The Bertz CT molecular complexity index is 973. The first kappa shape index (κ1) is 17.7. The number of hydrogen-bond donors (Lipinski definition) is 0. The van der Waals surface area contributed by atoms with Crippen LogP contribution in [0.1, 0.15) is 43.7 Å². The number of fused-ring (bicyclic) bond motifs is 3. The maximum Gasteiger partial charge on any atom is 0.211 e. The highest BCUT2D eigenvalue weighted by atomic mass is 35.5. The minimum atomic E-state index is 0.530. The van der Waals surface area contributed by atoms with E-state index in [4.69, 9.17) is 28.2 Å². The van der Waals surface area contributed by atoms with Crippen molar-refractivity contribution in [2.45, 2.75) is 46.1 Å². The number of nitrogens with zero attached hydrogens (tertiary/aromatic N) is 3. The Kier molecular flexibility index (Phi) is 4.62. The molecular formula is C21H23Cl2N3. The summed E-state index contributed by atoms with van der Waals surface area (Å²) in [6.45, 7) is 8.42. The van der Waals surface area contributed by atoms with Gasteiger partial charge in [-0.25, -0.2) is 4.98 Å². The predicted molar refractivity (Wildman–Crippen MR) is 111 cm³/mol. The van der Waals surface area contributed by atoms with Gasteiger partial charge >= 0.3 is 0 Å². The topological polar surface area (TPSA) is 21.1 Å². The van der Waals surface area contributed by atoms with Gasteiger partial charge in [-0.15, -0.1) is 0 Å². The third-order valence-corrected chi connectivity index (χ3v) is 6.06. The van der Waals surface area contributed by atoms with Crippen LogP contribution in [0.3, 0.4) is 0 Å². The van der Waals surface area contributed by atoms with Crippen LogP contribution in [0.25, 0.3) is 11.0 Å². The molecule has 0 unspecified atom stereocenters. The zero-order valence-corrected chi connectivity index (χ0v) is 16.9. The number of rotatable bonds is 4. The minimum absolute atomic E-state index is 0.530. The van der Waals surface area contributed by atoms with Crippen molar-refractivity contribution in [3.8, 4) is 0 Å². The van der Waals surface area contributed by atoms with Crippen molar-refractivity contribution in [1.82, 2.24) is 9.55 Å². The summed E-state index contributed by atoms with van der Waals surface area (Å²) in [6, 6.07) is 10.2. The van der Waals surface area contributed by atoms with Gasteiger partial charge in [0.1, 0.15) is 5.52 Å². The summed E-state index contributed by atoms with van der Waals surface area (Å²) in [4.78, 5) is 7.23. The molecule has 0 atom stereocenters. The van der Waals surface area contributed by atoms with E-state index in [1.165, 1.54) is 11.1 Å². The minimum Gasteiger partial charge on any atom is -0.310 e. The van der Waals surface area contributed by atoms with Crippen LogP contribution >= 0.6 is 23.2 Å². The van der Waals surface area contributed by atoms with Crippen LogP contribution in [0.2, 0.25) is 10.0 Å². The molecule has 1 aliphatic heterocycles. The summed E-state index contributed by atoms with van der Waals surface area (Å²) in [5.41, 5.74) is 5.80. The quantitative estimate of drug-likeness (QED) is 0.495. The standard InChI is InChI=1S/C21H23Cl2N3/c1-4-14(5-2)16-7-8-17(23)19-20(16)26-11-10-25(21(26)24-19)18-9-6-15(22)12-13(18)3/h6-9,12,14H,4-5,10-11H2,1-3H3. The van der Waals surface area contributed by atoms with Crippen molar-refractivity contribution in [3.63, 3.8) is 0 Å². The van der Waals surface area contributed by atoms with Crippen LogP contribution in [0.5, 0.6) is 0 Å². The van der Waals surface area contributed by atoms with E-state index in [1.807, 2.05) is 18.2 Å². The van der Waals surface area contributed by atoms with E-state index in [1.54, 1.807) is 0 Å². The van der Waals surface area contributed by atoms with Gasteiger partial charge in [0.2, 0.25) is 5.95 Å². The van der Waals surface area contributed by atoms with Gasteiger partial charge < -0.3 is 9.47 Å². The molecule has 136 valence electrons. The lowest BCUT2D eigenvalue weighted by Crippen LogP contribution is -2.15. The average molecular weight is 388 g/mol. The lowest BCUT2D eigenvalue weighted by Gasteiger charge is -2.18. The molecule has 26 heavy (non-hydrogen) atoms. The van der Waals surface area contributed by atoms with Gasteiger partial charge in [0.25, 0.3) is 0 Å². The van der Waals surface area contributed by atoms with Crippen LogP contribution < -0.4 is 4.90 Å². The number of imidazole rings is 1. The molecule has 0 amide bonds. The van der Waals surface area contributed by atoms with Crippen molar-refractivity contribution in [2.75, 3.05) is 11.4 Å². The van der Waals surface area contributed by atoms with Crippen molar-refractivity contribution in [1.29, 1.82) is 0 Å². The molecule has 0 fully saturated rings. The SMILES string of the molecule is CCC(CC)c1ccc(Cl)c2nc3n(c12)CCN3c1ccc(Cl)cc1C. The van der Waals surface area contributed by atoms with Crippen LogP contribution in [0.4, 0.5) is 11.6 Å². The van der Waals surface area contributed by atoms with Gasteiger partial charge in [-0.1, -0.05) is 43.1 Å². The molecular weight excluding hydrogens is 365 g/mol. The molecule has 2 aromatic carbocycles. The van der Waals surface area contributed by atoms with E-state index < -0.39 is 0 Å². The van der Waals surface area contributed by atoms with Crippen molar-refractivity contribution >= 4 is 45.9 Å². The van der Waals surface area contributed by atoms with E-state index in [0.29, 0.717) is 5.92 Å². The lowest BCUT2D eigenvalue weighted by molar-refractivity contribution is 0.642. The summed E-state index contributed by atoms with van der Waals surface area (Å²) < 4.78 is 2.34. The zero-order valence-electron chi connectivity index (χ0n) is 15.4. The molecule has 3 aromatic rings. The fourth-order valence-electron chi connectivity index (χ4n) is 4.15. The first-order valence-corrected chi connectivity index (χ1v) is 10.0. The normalized spacial score (nSPS) is 13.8. The van der Waals surface area contributed by atoms with Crippen molar-refractivity contribution < 1.29 is 0 Å². The Morgan fingerprint density at radius 1 is 1.08 bits per heavy atom. The fraction of sp³-hybridized carbons (Fsp3) is 0.381. The summed E-state index contributed by atoms with van der Waals surface area (Å²) >= 11 is 12.7. The first-order valence-electron chi connectivity index (χ1n) is 9.27. The molecule has 2 heterocycles. The average Bonchev–Trinajstić information content (AvgIpc) is 3.18. The lowest BCUT2D eigenvalue weighted by atomic mass is 9.93. The summed E-state index contributed by atoms with van der Waals surface area (Å²) in [5, 5.41) is 1.49. The van der Waals surface area contributed by atoms with Crippen molar-refractivity contribution in [3.05, 3.63) is 51.5 Å². The molecule has 0 saturated carbocycles. The van der Waals surface area contributed by atoms with Gasteiger partial charge in [-0.3, -0.25) is 0 Å². The van der Waals surface area contributed by atoms with E-state index in [2.05, 4.69) is 42.4 Å².